The van der Waals surface area contributed by atoms with Gasteiger partial charge >= 0.3 is 11.9 Å². The van der Waals surface area contributed by atoms with Crippen molar-refractivity contribution in [2.24, 2.45) is 16.7 Å². The molecule has 1 fully saturated rings. The first-order chi connectivity index (χ1) is 13.7. The first-order valence-electron chi connectivity index (χ1n) is 9.66. The summed E-state index contributed by atoms with van der Waals surface area (Å²) in [5.74, 6) is -3.70. The summed E-state index contributed by atoms with van der Waals surface area (Å²) in [4.78, 5) is 23.9. The van der Waals surface area contributed by atoms with Crippen molar-refractivity contribution in [2.75, 3.05) is 6.61 Å². The Hall–Kier alpha value is -2.95. The average Bonchev–Trinajstić information content (AvgIpc) is 3.17. The lowest BCUT2D eigenvalue weighted by Crippen LogP contribution is -2.24. The molecule has 2 aromatic rings. The molecule has 0 saturated heterocycles. The summed E-state index contributed by atoms with van der Waals surface area (Å²) in [6.07, 6.45) is 1.36. The fourth-order valence-electron chi connectivity index (χ4n) is 4.30. The van der Waals surface area contributed by atoms with Crippen LogP contribution in [0.3, 0.4) is 0 Å². The molecule has 2 atom stereocenters. The van der Waals surface area contributed by atoms with Crippen molar-refractivity contribution in [3.05, 3.63) is 72.1 Å². The minimum atomic E-state index is -1.19. The number of allylic oxidation sites excluding steroid dienone is 1. The SMILES string of the molecule is CCOC(=O)C(F)=CC1C(C)(C)[C@]1(Cc1cccc(-c2ccccc2)c1)C(=O)O. The molecule has 29 heavy (non-hydrogen) atoms. The van der Waals surface area contributed by atoms with Gasteiger partial charge in [-0.05, 0) is 41.5 Å². The summed E-state index contributed by atoms with van der Waals surface area (Å²) in [5, 5.41) is 10.0. The lowest BCUT2D eigenvalue weighted by atomic mass is 9.87. The molecular formula is C24H25FO4. The Bertz CT molecular complexity index is 948. The van der Waals surface area contributed by atoms with Crippen molar-refractivity contribution < 1.29 is 23.8 Å². The van der Waals surface area contributed by atoms with Crippen LogP contribution in [0.2, 0.25) is 0 Å². The number of carbonyl (C=O) groups excluding carboxylic acids is 1. The molecule has 4 nitrogen and oxygen atoms in total. The molecule has 0 aliphatic heterocycles. The summed E-state index contributed by atoms with van der Waals surface area (Å²) in [6, 6.07) is 17.5. The number of hydrogen-bond acceptors (Lipinski definition) is 3. The highest BCUT2D eigenvalue weighted by Gasteiger charge is 2.74. The third-order valence-corrected chi connectivity index (χ3v) is 6.06. The zero-order valence-corrected chi connectivity index (χ0v) is 16.8. The Kier molecular flexibility index (Phi) is 5.60. The monoisotopic (exact) mass is 396 g/mol. The largest absolute Gasteiger partial charge is 0.481 e. The number of aliphatic carboxylic acids is 1. The minimum absolute atomic E-state index is 0.0600. The Labute approximate surface area is 170 Å². The molecule has 3 rings (SSSR count). The second-order valence-corrected chi connectivity index (χ2v) is 7.95. The molecule has 2 aromatic carbocycles. The lowest BCUT2D eigenvalue weighted by Gasteiger charge is -2.16. The topological polar surface area (TPSA) is 63.6 Å². The molecule has 152 valence electrons. The third kappa shape index (κ3) is 3.69. The molecule has 1 unspecified atom stereocenters. The molecule has 0 spiro atoms. The maximum atomic E-state index is 14.2. The number of benzene rings is 2. The first-order valence-corrected chi connectivity index (χ1v) is 9.66. The summed E-state index contributed by atoms with van der Waals surface area (Å²) in [6.45, 7) is 5.24. The maximum Gasteiger partial charge on any atom is 0.366 e. The van der Waals surface area contributed by atoms with E-state index in [-0.39, 0.29) is 13.0 Å². The van der Waals surface area contributed by atoms with Crippen LogP contribution in [0.5, 0.6) is 0 Å². The molecule has 1 aliphatic carbocycles. The van der Waals surface area contributed by atoms with Gasteiger partial charge in [-0.25, -0.2) is 4.79 Å². The molecule has 1 saturated carbocycles. The van der Waals surface area contributed by atoms with Crippen LogP contribution >= 0.6 is 0 Å². The predicted octanol–water partition coefficient (Wildman–Crippen LogP) is 5.04. The lowest BCUT2D eigenvalue weighted by molar-refractivity contribution is -0.145. The molecular weight excluding hydrogens is 371 g/mol. The second kappa shape index (κ2) is 7.82. The highest BCUT2D eigenvalue weighted by atomic mass is 19.1. The van der Waals surface area contributed by atoms with E-state index in [9.17, 15) is 19.1 Å². The molecule has 1 aliphatic rings. The van der Waals surface area contributed by atoms with Gasteiger partial charge in [-0.15, -0.1) is 0 Å². The molecule has 0 amide bonds. The van der Waals surface area contributed by atoms with Crippen LogP contribution in [0.15, 0.2) is 66.5 Å². The van der Waals surface area contributed by atoms with E-state index in [0.29, 0.717) is 0 Å². The molecule has 0 radical (unpaired) electrons. The number of halogens is 1. The number of rotatable bonds is 7. The van der Waals surface area contributed by atoms with Crippen LogP contribution in [-0.4, -0.2) is 23.7 Å². The van der Waals surface area contributed by atoms with Crippen LogP contribution in [0.25, 0.3) is 11.1 Å². The van der Waals surface area contributed by atoms with Gasteiger partial charge in [-0.3, -0.25) is 4.79 Å². The van der Waals surface area contributed by atoms with Crippen LogP contribution in [0, 0.1) is 16.7 Å². The molecule has 5 heteroatoms. The van der Waals surface area contributed by atoms with Crippen LogP contribution in [0.4, 0.5) is 4.39 Å². The van der Waals surface area contributed by atoms with Crippen molar-refractivity contribution in [1.82, 2.24) is 0 Å². The molecule has 1 N–H and O–H groups in total. The smallest absolute Gasteiger partial charge is 0.366 e. The van der Waals surface area contributed by atoms with Gasteiger partial charge in [-0.1, -0.05) is 68.4 Å². The molecule has 0 aromatic heterocycles. The van der Waals surface area contributed by atoms with E-state index < -0.39 is 34.5 Å². The fraction of sp³-hybridized carbons (Fsp3) is 0.333. The summed E-state index contributed by atoms with van der Waals surface area (Å²) in [7, 11) is 0. The van der Waals surface area contributed by atoms with E-state index in [2.05, 4.69) is 4.74 Å². The Morgan fingerprint density at radius 3 is 2.38 bits per heavy atom. The zero-order chi connectivity index (χ0) is 21.2. The van der Waals surface area contributed by atoms with Gasteiger partial charge in [0.05, 0.1) is 12.0 Å². The number of carboxylic acid groups (broad SMARTS) is 1. The summed E-state index contributed by atoms with van der Waals surface area (Å²) < 4.78 is 18.9. The van der Waals surface area contributed by atoms with E-state index >= 15 is 0 Å². The van der Waals surface area contributed by atoms with Gasteiger partial charge in [0, 0.05) is 5.92 Å². The van der Waals surface area contributed by atoms with Gasteiger partial charge in [0.2, 0.25) is 5.83 Å². The number of ether oxygens (including phenoxy) is 1. The summed E-state index contributed by atoms with van der Waals surface area (Å²) in [5.41, 5.74) is 0.997. The quantitative estimate of drug-likeness (QED) is 0.526. The third-order valence-electron chi connectivity index (χ3n) is 6.06. The van der Waals surface area contributed by atoms with E-state index in [0.717, 1.165) is 22.8 Å². The number of carboxylic acids is 1. The average molecular weight is 396 g/mol. The van der Waals surface area contributed by atoms with Crippen molar-refractivity contribution in [1.29, 1.82) is 0 Å². The fourth-order valence-corrected chi connectivity index (χ4v) is 4.30. The van der Waals surface area contributed by atoms with E-state index in [1.807, 2.05) is 54.6 Å². The van der Waals surface area contributed by atoms with Crippen LogP contribution in [-0.2, 0) is 20.7 Å². The van der Waals surface area contributed by atoms with Gasteiger partial charge in [0.25, 0.3) is 0 Å². The van der Waals surface area contributed by atoms with Gasteiger partial charge in [-0.2, -0.15) is 4.39 Å². The molecule has 0 bridgehead atoms. The highest BCUT2D eigenvalue weighted by molar-refractivity contribution is 5.87. The van der Waals surface area contributed by atoms with Crippen molar-refractivity contribution in [3.63, 3.8) is 0 Å². The maximum absolute atomic E-state index is 14.2. The van der Waals surface area contributed by atoms with E-state index in [1.54, 1.807) is 20.8 Å². The minimum Gasteiger partial charge on any atom is -0.481 e. The Balaban J connectivity index is 1.92. The van der Waals surface area contributed by atoms with Crippen molar-refractivity contribution in [2.45, 2.75) is 27.2 Å². The van der Waals surface area contributed by atoms with Gasteiger partial charge in [0.15, 0.2) is 0 Å². The van der Waals surface area contributed by atoms with Crippen LogP contribution < -0.4 is 0 Å². The molecule has 0 heterocycles. The number of hydrogen-bond donors (Lipinski definition) is 1. The van der Waals surface area contributed by atoms with E-state index in [4.69, 9.17) is 0 Å². The second-order valence-electron chi connectivity index (χ2n) is 7.95. The van der Waals surface area contributed by atoms with Crippen LogP contribution in [0.1, 0.15) is 26.3 Å². The predicted molar refractivity (Wildman–Crippen MR) is 109 cm³/mol. The van der Waals surface area contributed by atoms with Crippen molar-refractivity contribution in [3.8, 4) is 11.1 Å². The zero-order valence-electron chi connectivity index (χ0n) is 16.8. The van der Waals surface area contributed by atoms with Gasteiger partial charge < -0.3 is 9.84 Å². The van der Waals surface area contributed by atoms with Gasteiger partial charge in [0.1, 0.15) is 0 Å². The normalized spacial score (nSPS) is 22.8. The highest BCUT2D eigenvalue weighted by Crippen LogP contribution is 2.71. The summed E-state index contributed by atoms with van der Waals surface area (Å²) >= 11 is 0. The Morgan fingerprint density at radius 1 is 1.10 bits per heavy atom. The first kappa shape index (κ1) is 20.8. The van der Waals surface area contributed by atoms with Crippen molar-refractivity contribution >= 4 is 11.9 Å². The standard InChI is InChI=1S/C24H25FO4/c1-4-29-21(26)19(25)14-20-23(2,3)24(20,22(27)28)15-16-9-8-12-18(13-16)17-10-6-5-7-11-17/h5-14,20H,4,15H2,1-3H3,(H,27,28)/t20?,24-/m0/s1. The Morgan fingerprint density at radius 2 is 1.76 bits per heavy atom. The van der Waals surface area contributed by atoms with E-state index in [1.165, 1.54) is 0 Å². The number of carbonyl (C=O) groups is 2. The number of esters is 1.